The highest BCUT2D eigenvalue weighted by Gasteiger charge is 2.13. The Hall–Kier alpha value is -0.970. The number of rotatable bonds is 4. The minimum atomic E-state index is -2.91. The fraction of sp³-hybridized carbons (Fsp3) is 0.375. The van der Waals surface area contributed by atoms with Crippen LogP contribution in [-0.4, -0.2) is 18.9 Å². The standard InChI is InChI=1S/C8H9F2NOS/c9-7(10)8(12)11-4-3-6-2-1-5-13-6/h1-2,5,7H,3-4H2,(H,11,12). The smallest absolute Gasteiger partial charge is 0.315 e. The maximum Gasteiger partial charge on any atom is 0.315 e. The van der Waals surface area contributed by atoms with Crippen molar-refractivity contribution < 1.29 is 13.6 Å². The number of hydrogen-bond acceptors (Lipinski definition) is 2. The highest BCUT2D eigenvalue weighted by molar-refractivity contribution is 7.09. The first-order valence-corrected chi connectivity index (χ1v) is 4.66. The molecule has 1 N–H and O–H groups in total. The van der Waals surface area contributed by atoms with Gasteiger partial charge >= 0.3 is 6.43 Å². The van der Waals surface area contributed by atoms with Gasteiger partial charge in [0.1, 0.15) is 0 Å². The second-order valence-corrected chi connectivity index (χ2v) is 3.45. The van der Waals surface area contributed by atoms with Crippen LogP contribution >= 0.6 is 11.3 Å². The van der Waals surface area contributed by atoms with Crippen molar-refractivity contribution >= 4 is 17.2 Å². The Labute approximate surface area is 78.6 Å². The van der Waals surface area contributed by atoms with E-state index in [0.717, 1.165) is 4.88 Å². The molecule has 1 aromatic rings. The molecule has 0 saturated carbocycles. The van der Waals surface area contributed by atoms with E-state index in [2.05, 4.69) is 5.32 Å². The van der Waals surface area contributed by atoms with Crippen molar-refractivity contribution in [2.45, 2.75) is 12.8 Å². The van der Waals surface area contributed by atoms with E-state index < -0.39 is 12.3 Å². The molecule has 0 unspecified atom stereocenters. The van der Waals surface area contributed by atoms with E-state index in [1.165, 1.54) is 0 Å². The second-order valence-electron chi connectivity index (χ2n) is 2.42. The lowest BCUT2D eigenvalue weighted by molar-refractivity contribution is -0.131. The average molecular weight is 205 g/mol. The maximum absolute atomic E-state index is 11.7. The van der Waals surface area contributed by atoms with E-state index in [-0.39, 0.29) is 6.54 Å². The molecular formula is C8H9F2NOS. The van der Waals surface area contributed by atoms with Crippen LogP contribution in [0.25, 0.3) is 0 Å². The molecule has 5 heteroatoms. The molecule has 1 aromatic heterocycles. The number of carbonyl (C=O) groups excluding carboxylic acids is 1. The maximum atomic E-state index is 11.7. The molecule has 72 valence electrons. The number of amides is 1. The van der Waals surface area contributed by atoms with Crippen molar-refractivity contribution in [2.24, 2.45) is 0 Å². The summed E-state index contributed by atoms with van der Waals surface area (Å²) in [7, 11) is 0. The molecule has 0 aromatic carbocycles. The first kappa shape index (κ1) is 10.1. The van der Waals surface area contributed by atoms with Gasteiger partial charge in [-0.25, -0.2) is 0 Å². The summed E-state index contributed by atoms with van der Waals surface area (Å²) >= 11 is 1.54. The van der Waals surface area contributed by atoms with Crippen LogP contribution in [0.2, 0.25) is 0 Å². The Morgan fingerprint density at radius 2 is 2.38 bits per heavy atom. The SMILES string of the molecule is O=C(NCCc1cccs1)C(F)F. The van der Waals surface area contributed by atoms with Crippen molar-refractivity contribution in [2.75, 3.05) is 6.54 Å². The van der Waals surface area contributed by atoms with Gasteiger partial charge in [-0.05, 0) is 17.9 Å². The van der Waals surface area contributed by atoms with Crippen molar-refractivity contribution in [1.29, 1.82) is 0 Å². The quantitative estimate of drug-likeness (QED) is 0.796. The van der Waals surface area contributed by atoms with Gasteiger partial charge in [-0.3, -0.25) is 4.79 Å². The van der Waals surface area contributed by atoms with Crippen molar-refractivity contribution in [3.63, 3.8) is 0 Å². The number of halogens is 2. The second kappa shape index (κ2) is 4.91. The molecule has 0 atom stereocenters. The molecule has 0 aliphatic rings. The van der Waals surface area contributed by atoms with Crippen LogP contribution in [0.5, 0.6) is 0 Å². The fourth-order valence-electron chi connectivity index (χ4n) is 0.841. The van der Waals surface area contributed by atoms with Gasteiger partial charge in [-0.15, -0.1) is 11.3 Å². The topological polar surface area (TPSA) is 29.1 Å². The predicted octanol–water partition coefficient (Wildman–Crippen LogP) is 1.67. The summed E-state index contributed by atoms with van der Waals surface area (Å²) in [6, 6.07) is 3.79. The van der Waals surface area contributed by atoms with Gasteiger partial charge in [0.2, 0.25) is 0 Å². The zero-order chi connectivity index (χ0) is 9.68. The molecule has 1 rings (SSSR count). The minimum absolute atomic E-state index is 0.268. The highest BCUT2D eigenvalue weighted by atomic mass is 32.1. The van der Waals surface area contributed by atoms with Gasteiger partial charge < -0.3 is 5.32 Å². The number of carbonyl (C=O) groups is 1. The van der Waals surface area contributed by atoms with Crippen molar-refractivity contribution in [3.05, 3.63) is 22.4 Å². The molecule has 1 heterocycles. The Morgan fingerprint density at radius 3 is 2.92 bits per heavy atom. The molecule has 0 radical (unpaired) electrons. The lowest BCUT2D eigenvalue weighted by atomic mass is 10.3. The summed E-state index contributed by atoms with van der Waals surface area (Å²) in [6.07, 6.45) is -2.31. The van der Waals surface area contributed by atoms with Gasteiger partial charge in [0.25, 0.3) is 5.91 Å². The van der Waals surface area contributed by atoms with Crippen LogP contribution in [0.3, 0.4) is 0 Å². The van der Waals surface area contributed by atoms with Crippen LogP contribution in [-0.2, 0) is 11.2 Å². The number of nitrogens with one attached hydrogen (secondary N) is 1. The van der Waals surface area contributed by atoms with Crippen LogP contribution in [0, 0.1) is 0 Å². The number of alkyl halides is 2. The minimum Gasteiger partial charge on any atom is -0.351 e. The highest BCUT2D eigenvalue weighted by Crippen LogP contribution is 2.08. The number of thiophene rings is 1. The van der Waals surface area contributed by atoms with E-state index in [0.29, 0.717) is 6.42 Å². The van der Waals surface area contributed by atoms with E-state index in [1.54, 1.807) is 11.3 Å². The Balaban J connectivity index is 2.18. The average Bonchev–Trinajstić information content (AvgIpc) is 2.56. The molecule has 0 fully saturated rings. The Morgan fingerprint density at radius 1 is 1.62 bits per heavy atom. The molecule has 0 bridgehead atoms. The van der Waals surface area contributed by atoms with Gasteiger partial charge in [-0.2, -0.15) is 8.78 Å². The molecule has 0 saturated heterocycles. The van der Waals surface area contributed by atoms with Gasteiger partial charge in [0, 0.05) is 11.4 Å². The monoisotopic (exact) mass is 205 g/mol. The van der Waals surface area contributed by atoms with Crippen LogP contribution in [0.15, 0.2) is 17.5 Å². The zero-order valence-corrected chi connectivity index (χ0v) is 7.61. The zero-order valence-electron chi connectivity index (χ0n) is 6.80. The fourth-order valence-corrected chi connectivity index (χ4v) is 1.55. The third-order valence-corrected chi connectivity index (χ3v) is 2.39. The van der Waals surface area contributed by atoms with Gasteiger partial charge in [0.15, 0.2) is 0 Å². The summed E-state index contributed by atoms with van der Waals surface area (Å²) in [5.74, 6) is -1.20. The predicted molar refractivity (Wildman–Crippen MR) is 47.0 cm³/mol. The first-order chi connectivity index (χ1) is 6.20. The van der Waals surface area contributed by atoms with Crippen LogP contribution in [0.4, 0.5) is 8.78 Å². The largest absolute Gasteiger partial charge is 0.351 e. The van der Waals surface area contributed by atoms with E-state index in [4.69, 9.17) is 0 Å². The molecule has 1 amide bonds. The number of hydrogen-bond donors (Lipinski definition) is 1. The summed E-state index contributed by atoms with van der Waals surface area (Å²) in [5.41, 5.74) is 0. The van der Waals surface area contributed by atoms with E-state index in [9.17, 15) is 13.6 Å². The van der Waals surface area contributed by atoms with Gasteiger partial charge in [0.05, 0.1) is 0 Å². The third-order valence-electron chi connectivity index (χ3n) is 1.45. The van der Waals surface area contributed by atoms with Crippen LogP contribution in [0.1, 0.15) is 4.88 Å². The lowest BCUT2D eigenvalue weighted by Crippen LogP contribution is -2.30. The summed E-state index contributed by atoms with van der Waals surface area (Å²) in [4.78, 5) is 11.5. The normalized spacial score (nSPS) is 10.4. The van der Waals surface area contributed by atoms with Gasteiger partial charge in [-0.1, -0.05) is 6.07 Å². The molecular weight excluding hydrogens is 196 g/mol. The van der Waals surface area contributed by atoms with Crippen LogP contribution < -0.4 is 5.32 Å². The van der Waals surface area contributed by atoms with Crippen molar-refractivity contribution in [3.8, 4) is 0 Å². The molecule has 0 spiro atoms. The Bertz CT molecular complexity index is 261. The molecule has 0 aliphatic carbocycles. The molecule has 0 aliphatic heterocycles. The first-order valence-electron chi connectivity index (χ1n) is 3.78. The summed E-state index contributed by atoms with van der Waals surface area (Å²) in [5, 5.41) is 4.05. The summed E-state index contributed by atoms with van der Waals surface area (Å²) < 4.78 is 23.4. The molecule has 2 nitrogen and oxygen atoms in total. The third kappa shape index (κ3) is 3.50. The van der Waals surface area contributed by atoms with E-state index >= 15 is 0 Å². The summed E-state index contributed by atoms with van der Waals surface area (Å²) in [6.45, 7) is 0.268. The van der Waals surface area contributed by atoms with Crippen molar-refractivity contribution in [1.82, 2.24) is 5.32 Å². The lowest BCUT2D eigenvalue weighted by Gasteiger charge is -2.01. The van der Waals surface area contributed by atoms with E-state index in [1.807, 2.05) is 17.5 Å². The molecule has 13 heavy (non-hydrogen) atoms. The Kier molecular flexibility index (Phi) is 3.82.